The summed E-state index contributed by atoms with van der Waals surface area (Å²) in [5.41, 5.74) is 3.34. The van der Waals surface area contributed by atoms with Gasteiger partial charge in [0.05, 0.1) is 16.5 Å². The van der Waals surface area contributed by atoms with Crippen LogP contribution in [0.25, 0.3) is 6.08 Å². The van der Waals surface area contributed by atoms with Crippen LogP contribution in [0.15, 0.2) is 53.9 Å². The van der Waals surface area contributed by atoms with E-state index in [1.165, 1.54) is 6.08 Å². The molecule has 0 spiro atoms. The molecule has 2 aromatic carbocycles. The average molecular weight is 391 g/mol. The van der Waals surface area contributed by atoms with Crippen LogP contribution in [0.5, 0.6) is 0 Å². The molecule has 0 aliphatic heterocycles. The number of alkyl halides is 3. The van der Waals surface area contributed by atoms with Gasteiger partial charge in [0.15, 0.2) is 0 Å². The van der Waals surface area contributed by atoms with Gasteiger partial charge < -0.3 is 5.73 Å². The summed E-state index contributed by atoms with van der Waals surface area (Å²) in [7, 11) is -4.00. The lowest BCUT2D eigenvalue weighted by atomic mass is 10.1. The Kier molecular flexibility index (Phi) is 7.04. The maximum atomic E-state index is 12.5. The Balaban J connectivity index is 0.000000263. The first-order valence-electron chi connectivity index (χ1n) is 6.77. The summed E-state index contributed by atoms with van der Waals surface area (Å²) in [5, 5.41) is 0.752. The van der Waals surface area contributed by atoms with Gasteiger partial charge in [-0.1, -0.05) is 30.3 Å². The van der Waals surface area contributed by atoms with E-state index in [1.807, 2.05) is 6.07 Å². The standard InChI is InChI=1S/C8H5F4NO.C8H8O3S/c9-4-1-2-5(7(13)14)6(3-4)8(10,11)12;9-12(10,11)7-6-8-4-2-1-3-5-8/h1-3H,(H2,13,14);1-7H,(H,9,10,11). The highest BCUT2D eigenvalue weighted by Crippen LogP contribution is 2.32. The van der Waals surface area contributed by atoms with Gasteiger partial charge in [0, 0.05) is 0 Å². The molecule has 2 rings (SSSR count). The Hall–Kier alpha value is -2.72. The third-order valence-electron chi connectivity index (χ3n) is 2.78. The molecule has 2 aromatic rings. The second-order valence-corrected chi connectivity index (χ2v) is 6.08. The van der Waals surface area contributed by atoms with Crippen molar-refractivity contribution < 1.29 is 35.3 Å². The van der Waals surface area contributed by atoms with E-state index in [2.05, 4.69) is 0 Å². The van der Waals surface area contributed by atoms with Crippen LogP contribution in [0, 0.1) is 5.82 Å². The second-order valence-electron chi connectivity index (χ2n) is 4.78. The molecule has 0 radical (unpaired) electrons. The Morgan fingerprint density at radius 2 is 1.65 bits per heavy atom. The summed E-state index contributed by atoms with van der Waals surface area (Å²) >= 11 is 0. The van der Waals surface area contributed by atoms with Gasteiger partial charge in [0.1, 0.15) is 5.82 Å². The number of carbonyl (C=O) groups excluding carboxylic acids is 1. The van der Waals surface area contributed by atoms with Crippen LogP contribution >= 0.6 is 0 Å². The van der Waals surface area contributed by atoms with Crippen LogP contribution in [0.3, 0.4) is 0 Å². The monoisotopic (exact) mass is 391 g/mol. The molecule has 1 amide bonds. The molecule has 0 atom stereocenters. The van der Waals surface area contributed by atoms with E-state index in [1.54, 1.807) is 24.3 Å². The van der Waals surface area contributed by atoms with E-state index in [4.69, 9.17) is 10.3 Å². The predicted octanol–water partition coefficient (Wildman–Crippen LogP) is 3.49. The van der Waals surface area contributed by atoms with Crippen molar-refractivity contribution in [2.45, 2.75) is 6.18 Å². The third kappa shape index (κ3) is 7.45. The molecule has 0 unspecified atom stereocenters. The smallest absolute Gasteiger partial charge is 0.366 e. The molecule has 26 heavy (non-hydrogen) atoms. The van der Waals surface area contributed by atoms with Crippen LogP contribution in [0.4, 0.5) is 17.6 Å². The van der Waals surface area contributed by atoms with E-state index in [0.717, 1.165) is 17.0 Å². The molecule has 0 bridgehead atoms. The minimum atomic E-state index is -4.79. The Morgan fingerprint density at radius 3 is 2.12 bits per heavy atom. The van der Waals surface area contributed by atoms with Crippen molar-refractivity contribution in [3.05, 3.63) is 76.4 Å². The largest absolute Gasteiger partial charge is 0.417 e. The molecule has 0 aromatic heterocycles. The van der Waals surface area contributed by atoms with Crippen LogP contribution in [-0.2, 0) is 16.3 Å². The van der Waals surface area contributed by atoms with Crippen molar-refractivity contribution in [2.75, 3.05) is 0 Å². The summed E-state index contributed by atoms with van der Waals surface area (Å²) in [6.45, 7) is 0. The zero-order valence-electron chi connectivity index (χ0n) is 12.9. The molecule has 0 saturated carbocycles. The average Bonchev–Trinajstić information content (AvgIpc) is 2.53. The van der Waals surface area contributed by atoms with E-state index in [0.29, 0.717) is 6.07 Å². The van der Waals surface area contributed by atoms with Gasteiger partial charge in [-0.05, 0) is 29.8 Å². The van der Waals surface area contributed by atoms with E-state index >= 15 is 0 Å². The lowest BCUT2D eigenvalue weighted by Gasteiger charge is -2.09. The topological polar surface area (TPSA) is 97.5 Å². The first kappa shape index (κ1) is 21.3. The summed E-state index contributed by atoms with van der Waals surface area (Å²) in [6.07, 6.45) is -3.46. The molecule has 10 heteroatoms. The molecular weight excluding hydrogens is 378 g/mol. The lowest BCUT2D eigenvalue weighted by molar-refractivity contribution is -0.138. The van der Waals surface area contributed by atoms with E-state index < -0.39 is 39.1 Å². The zero-order chi connectivity index (χ0) is 20.0. The number of primary amides is 1. The summed E-state index contributed by atoms with van der Waals surface area (Å²) in [4.78, 5) is 10.6. The highest BCUT2D eigenvalue weighted by atomic mass is 32.2. The molecule has 3 N–H and O–H groups in total. The first-order valence-corrected chi connectivity index (χ1v) is 8.27. The molecule has 0 aliphatic carbocycles. The number of hydrogen-bond acceptors (Lipinski definition) is 3. The van der Waals surface area contributed by atoms with Crippen LogP contribution in [0.1, 0.15) is 21.5 Å². The fourth-order valence-electron chi connectivity index (χ4n) is 1.69. The van der Waals surface area contributed by atoms with E-state index in [9.17, 15) is 30.8 Å². The fourth-order valence-corrected chi connectivity index (χ4v) is 2.02. The number of rotatable bonds is 3. The van der Waals surface area contributed by atoms with Crippen molar-refractivity contribution in [1.29, 1.82) is 0 Å². The summed E-state index contributed by atoms with van der Waals surface area (Å²) in [6, 6.07) is 10.6. The minimum Gasteiger partial charge on any atom is -0.366 e. The SMILES string of the molecule is NC(=O)c1ccc(F)cc1C(F)(F)F.O=S(=O)(O)C=Cc1ccccc1. The number of carbonyl (C=O) groups is 1. The quantitative estimate of drug-likeness (QED) is 0.618. The molecule has 140 valence electrons. The molecule has 0 fully saturated rings. The highest BCUT2D eigenvalue weighted by molar-refractivity contribution is 7.88. The van der Waals surface area contributed by atoms with Crippen LogP contribution in [-0.4, -0.2) is 18.9 Å². The van der Waals surface area contributed by atoms with Gasteiger partial charge in [-0.25, -0.2) is 4.39 Å². The number of amides is 1. The van der Waals surface area contributed by atoms with Crippen molar-refractivity contribution in [3.8, 4) is 0 Å². The predicted molar refractivity (Wildman–Crippen MR) is 86.9 cm³/mol. The molecule has 0 aliphatic rings. The molecule has 0 saturated heterocycles. The Bertz CT molecular complexity index is 894. The number of halogens is 4. The summed E-state index contributed by atoms with van der Waals surface area (Å²) in [5.74, 6) is -2.31. The second kappa shape index (κ2) is 8.59. The van der Waals surface area contributed by atoms with Crippen molar-refractivity contribution in [3.63, 3.8) is 0 Å². The number of nitrogens with two attached hydrogens (primary N) is 1. The fraction of sp³-hybridized carbons (Fsp3) is 0.0625. The first-order chi connectivity index (χ1) is 11.9. The van der Waals surface area contributed by atoms with Gasteiger partial charge in [-0.15, -0.1) is 0 Å². The maximum absolute atomic E-state index is 12.5. The normalized spacial score (nSPS) is 11.7. The van der Waals surface area contributed by atoms with Crippen LogP contribution in [0.2, 0.25) is 0 Å². The highest BCUT2D eigenvalue weighted by Gasteiger charge is 2.35. The lowest BCUT2D eigenvalue weighted by Crippen LogP contribution is -2.18. The van der Waals surface area contributed by atoms with Gasteiger partial charge in [-0.3, -0.25) is 9.35 Å². The van der Waals surface area contributed by atoms with Gasteiger partial charge in [-0.2, -0.15) is 21.6 Å². The number of hydrogen-bond donors (Lipinski definition) is 2. The minimum absolute atomic E-state index is 0.236. The summed E-state index contributed by atoms with van der Waals surface area (Å²) < 4.78 is 78.0. The Morgan fingerprint density at radius 1 is 1.08 bits per heavy atom. The zero-order valence-corrected chi connectivity index (χ0v) is 13.8. The van der Waals surface area contributed by atoms with Gasteiger partial charge >= 0.3 is 6.18 Å². The Labute approximate surface area is 146 Å². The van der Waals surface area contributed by atoms with Crippen molar-refractivity contribution in [2.24, 2.45) is 5.73 Å². The van der Waals surface area contributed by atoms with Crippen molar-refractivity contribution in [1.82, 2.24) is 0 Å². The molecular formula is C16H13F4NO4S. The molecule has 5 nitrogen and oxygen atoms in total. The van der Waals surface area contributed by atoms with Crippen molar-refractivity contribution >= 4 is 22.1 Å². The number of benzene rings is 2. The molecule has 0 heterocycles. The third-order valence-corrected chi connectivity index (χ3v) is 3.26. The van der Waals surface area contributed by atoms with Gasteiger partial charge in [0.2, 0.25) is 5.91 Å². The van der Waals surface area contributed by atoms with E-state index in [-0.39, 0.29) is 6.07 Å². The van der Waals surface area contributed by atoms with Crippen LogP contribution < -0.4 is 5.73 Å². The maximum Gasteiger partial charge on any atom is 0.417 e. The van der Waals surface area contributed by atoms with Gasteiger partial charge in [0.25, 0.3) is 10.1 Å².